The molecule has 23 heavy (non-hydrogen) atoms. The van der Waals surface area contributed by atoms with Gasteiger partial charge in [-0.2, -0.15) is 0 Å². The number of benzene rings is 1. The zero-order chi connectivity index (χ0) is 16.1. The zero-order valence-corrected chi connectivity index (χ0v) is 13.5. The maximum Gasteiger partial charge on any atom is 0.227 e. The number of nitrogens with zero attached hydrogens (tertiary/aromatic N) is 1. The van der Waals surface area contributed by atoms with Crippen molar-refractivity contribution in [3.63, 3.8) is 0 Å². The number of amides is 1. The molecule has 0 bridgehead atoms. The lowest BCUT2D eigenvalue weighted by atomic mass is 9.89. The van der Waals surface area contributed by atoms with Crippen LogP contribution >= 0.6 is 0 Å². The molecular weight excluding hydrogens is 290 g/mol. The molecule has 0 radical (unpaired) electrons. The van der Waals surface area contributed by atoms with Crippen LogP contribution in [-0.2, 0) is 17.6 Å². The number of imidazole rings is 1. The van der Waals surface area contributed by atoms with Crippen molar-refractivity contribution in [3.8, 4) is 5.75 Å². The second kappa shape index (κ2) is 7.31. The van der Waals surface area contributed by atoms with Crippen LogP contribution in [0.5, 0.6) is 5.75 Å². The summed E-state index contributed by atoms with van der Waals surface area (Å²) in [7, 11) is 0. The van der Waals surface area contributed by atoms with Crippen LogP contribution in [0.15, 0.2) is 30.6 Å². The van der Waals surface area contributed by atoms with E-state index in [1.54, 1.807) is 6.33 Å². The number of fused-ring (bicyclic) bond motifs is 1. The number of para-hydroxylation sites is 2. The summed E-state index contributed by atoms with van der Waals surface area (Å²) in [5.41, 5.74) is 2.94. The van der Waals surface area contributed by atoms with Gasteiger partial charge in [0.15, 0.2) is 0 Å². The van der Waals surface area contributed by atoms with Gasteiger partial charge in [-0.15, -0.1) is 0 Å². The van der Waals surface area contributed by atoms with Gasteiger partial charge in [0.1, 0.15) is 5.75 Å². The van der Waals surface area contributed by atoms with E-state index in [0.29, 0.717) is 6.61 Å². The molecule has 0 fully saturated rings. The Labute approximate surface area is 136 Å². The fraction of sp³-hybridized carbons (Fsp3) is 0.444. The third-order valence-electron chi connectivity index (χ3n) is 4.26. The van der Waals surface area contributed by atoms with E-state index in [1.807, 2.05) is 24.3 Å². The van der Waals surface area contributed by atoms with Crippen LogP contribution in [0.25, 0.3) is 0 Å². The highest BCUT2D eigenvalue weighted by Gasteiger charge is 2.26. The van der Waals surface area contributed by atoms with Crippen LogP contribution in [0, 0.1) is 5.92 Å². The second-order valence-electron chi connectivity index (χ2n) is 5.95. The molecule has 0 aliphatic heterocycles. The molecule has 2 aromatic rings. The molecule has 1 aromatic heterocycles. The first kappa shape index (κ1) is 15.6. The van der Waals surface area contributed by atoms with Crippen LogP contribution in [-0.4, -0.2) is 22.5 Å². The number of nitrogens with one attached hydrogen (secondary N) is 2. The molecule has 5 heteroatoms. The number of aryl methyl sites for hydroxylation is 1. The first-order chi connectivity index (χ1) is 11.3. The van der Waals surface area contributed by atoms with E-state index in [0.717, 1.165) is 54.9 Å². The molecule has 1 amide bonds. The number of H-pyrrole nitrogens is 1. The average Bonchev–Trinajstić information content (AvgIpc) is 3.04. The van der Waals surface area contributed by atoms with Gasteiger partial charge in [0, 0.05) is 18.0 Å². The smallest absolute Gasteiger partial charge is 0.227 e. The quantitative estimate of drug-likeness (QED) is 0.804. The summed E-state index contributed by atoms with van der Waals surface area (Å²) in [5.74, 6) is 0.774. The summed E-state index contributed by atoms with van der Waals surface area (Å²) in [5, 5.41) is 3.03. The highest BCUT2D eigenvalue weighted by Crippen LogP contribution is 2.27. The molecule has 1 aliphatic carbocycles. The monoisotopic (exact) mass is 313 g/mol. The summed E-state index contributed by atoms with van der Waals surface area (Å²) >= 11 is 0. The number of aromatic amines is 1. The zero-order valence-electron chi connectivity index (χ0n) is 13.5. The van der Waals surface area contributed by atoms with E-state index in [2.05, 4.69) is 22.2 Å². The van der Waals surface area contributed by atoms with Crippen molar-refractivity contribution in [3.05, 3.63) is 42.0 Å². The summed E-state index contributed by atoms with van der Waals surface area (Å²) in [6.45, 7) is 2.80. The van der Waals surface area contributed by atoms with E-state index >= 15 is 0 Å². The van der Waals surface area contributed by atoms with E-state index in [4.69, 9.17) is 4.74 Å². The van der Waals surface area contributed by atoms with Gasteiger partial charge in [0.25, 0.3) is 0 Å². The molecule has 3 rings (SSSR count). The van der Waals surface area contributed by atoms with Crippen molar-refractivity contribution in [2.45, 2.75) is 39.0 Å². The number of carbonyl (C=O) groups excluding carboxylic acids is 1. The summed E-state index contributed by atoms with van der Waals surface area (Å²) in [6.07, 6.45) is 6.21. The van der Waals surface area contributed by atoms with Crippen molar-refractivity contribution in [1.29, 1.82) is 0 Å². The normalized spacial score (nSPS) is 16.7. The standard InChI is InChI=1S/C18H23N3O2/c1-2-3-10-23-17-7-5-4-6-15(17)21-18(22)13-8-9-14-16(11-13)20-12-19-14/h4-7,12-13H,2-3,8-11H2,1H3,(H,19,20)(H,21,22). The van der Waals surface area contributed by atoms with Gasteiger partial charge in [0.2, 0.25) is 5.91 Å². The van der Waals surface area contributed by atoms with Gasteiger partial charge in [-0.25, -0.2) is 4.98 Å². The SMILES string of the molecule is CCCCOc1ccccc1NC(=O)C1CCc2nc[nH]c2C1. The number of hydrogen-bond donors (Lipinski definition) is 2. The summed E-state index contributed by atoms with van der Waals surface area (Å²) < 4.78 is 5.78. The number of hydrogen-bond acceptors (Lipinski definition) is 3. The maximum absolute atomic E-state index is 12.6. The fourth-order valence-corrected chi connectivity index (χ4v) is 2.88. The third-order valence-corrected chi connectivity index (χ3v) is 4.26. The van der Waals surface area contributed by atoms with E-state index in [1.165, 1.54) is 0 Å². The molecule has 1 atom stereocenters. The lowest BCUT2D eigenvalue weighted by Gasteiger charge is -2.21. The predicted molar refractivity (Wildman–Crippen MR) is 89.6 cm³/mol. The van der Waals surface area contributed by atoms with Crippen molar-refractivity contribution in [1.82, 2.24) is 9.97 Å². The summed E-state index contributed by atoms with van der Waals surface area (Å²) in [4.78, 5) is 20.0. The molecule has 1 unspecified atom stereocenters. The van der Waals surface area contributed by atoms with Crippen LogP contribution in [0.4, 0.5) is 5.69 Å². The minimum atomic E-state index is -0.0216. The number of rotatable bonds is 6. The maximum atomic E-state index is 12.6. The molecule has 0 saturated heterocycles. The van der Waals surface area contributed by atoms with Gasteiger partial charge < -0.3 is 15.0 Å². The Hall–Kier alpha value is -2.30. The van der Waals surface area contributed by atoms with Crippen LogP contribution < -0.4 is 10.1 Å². The molecule has 122 valence electrons. The first-order valence-corrected chi connectivity index (χ1v) is 8.31. The molecule has 1 aromatic carbocycles. The van der Waals surface area contributed by atoms with E-state index < -0.39 is 0 Å². The minimum absolute atomic E-state index is 0.0216. The van der Waals surface area contributed by atoms with Gasteiger partial charge in [-0.1, -0.05) is 25.5 Å². The van der Waals surface area contributed by atoms with Crippen molar-refractivity contribution in [2.75, 3.05) is 11.9 Å². The van der Waals surface area contributed by atoms with Crippen LogP contribution in [0.2, 0.25) is 0 Å². The molecule has 0 spiro atoms. The fourth-order valence-electron chi connectivity index (χ4n) is 2.88. The predicted octanol–water partition coefficient (Wildman–Crippen LogP) is 3.33. The van der Waals surface area contributed by atoms with Crippen molar-refractivity contribution < 1.29 is 9.53 Å². The summed E-state index contributed by atoms with van der Waals surface area (Å²) in [6, 6.07) is 7.63. The van der Waals surface area contributed by atoms with E-state index in [9.17, 15) is 4.79 Å². The average molecular weight is 313 g/mol. The Bertz CT molecular complexity index is 666. The highest BCUT2D eigenvalue weighted by molar-refractivity contribution is 5.94. The Morgan fingerprint density at radius 3 is 3.17 bits per heavy atom. The highest BCUT2D eigenvalue weighted by atomic mass is 16.5. The van der Waals surface area contributed by atoms with Crippen molar-refractivity contribution >= 4 is 11.6 Å². The minimum Gasteiger partial charge on any atom is -0.491 e. The molecular formula is C18H23N3O2. The Morgan fingerprint density at radius 2 is 2.30 bits per heavy atom. The molecule has 2 N–H and O–H groups in total. The number of ether oxygens (including phenoxy) is 1. The number of carbonyl (C=O) groups is 1. The van der Waals surface area contributed by atoms with Gasteiger partial charge in [-0.3, -0.25) is 4.79 Å². The Balaban J connectivity index is 1.64. The van der Waals surface area contributed by atoms with Crippen LogP contribution in [0.3, 0.4) is 0 Å². The number of aromatic nitrogens is 2. The molecule has 5 nitrogen and oxygen atoms in total. The third kappa shape index (κ3) is 3.73. The Kier molecular flexibility index (Phi) is 4.95. The lowest BCUT2D eigenvalue weighted by molar-refractivity contribution is -0.120. The van der Waals surface area contributed by atoms with Gasteiger partial charge >= 0.3 is 0 Å². The van der Waals surface area contributed by atoms with E-state index in [-0.39, 0.29) is 11.8 Å². The number of unbranched alkanes of at least 4 members (excludes halogenated alkanes) is 1. The largest absolute Gasteiger partial charge is 0.491 e. The molecule has 1 aliphatic rings. The lowest BCUT2D eigenvalue weighted by Crippen LogP contribution is -2.28. The van der Waals surface area contributed by atoms with Gasteiger partial charge in [0.05, 0.1) is 24.3 Å². The second-order valence-corrected chi connectivity index (χ2v) is 5.95. The van der Waals surface area contributed by atoms with Crippen molar-refractivity contribution in [2.24, 2.45) is 5.92 Å². The molecule has 1 heterocycles. The first-order valence-electron chi connectivity index (χ1n) is 8.31. The number of anilines is 1. The Morgan fingerprint density at radius 1 is 1.43 bits per heavy atom. The molecule has 0 saturated carbocycles. The van der Waals surface area contributed by atoms with Gasteiger partial charge in [-0.05, 0) is 31.4 Å². The topological polar surface area (TPSA) is 67.0 Å². The van der Waals surface area contributed by atoms with Crippen LogP contribution in [0.1, 0.15) is 37.6 Å².